The normalized spacial score (nSPS) is 26.9. The number of unbranched alkanes of at least 4 members (excludes halogenated alkanes) is 1. The minimum atomic E-state index is -0.762. The molecule has 4 atom stereocenters. The molecule has 0 radical (unpaired) electrons. The first-order valence-electron chi connectivity index (χ1n) is 11.1. The van der Waals surface area contributed by atoms with Gasteiger partial charge >= 0.3 is 5.97 Å². The monoisotopic (exact) mass is 448 g/mol. The van der Waals surface area contributed by atoms with Crippen molar-refractivity contribution < 1.29 is 24.1 Å². The maximum absolute atomic E-state index is 10.8. The summed E-state index contributed by atoms with van der Waals surface area (Å²) in [6, 6.07) is 0.276. The third-order valence-electron chi connectivity index (χ3n) is 6.02. The summed E-state index contributed by atoms with van der Waals surface area (Å²) in [7, 11) is 0. The molecule has 2 saturated heterocycles. The molecule has 0 bridgehead atoms. The van der Waals surface area contributed by atoms with Crippen LogP contribution in [0.1, 0.15) is 53.2 Å². The number of carboxylic acid groups (broad SMARTS) is 1. The van der Waals surface area contributed by atoms with Gasteiger partial charge in [0.1, 0.15) is 30.2 Å². The number of hydrogen-bond acceptors (Lipinski definition) is 9. The first-order valence-corrected chi connectivity index (χ1v) is 11.1. The van der Waals surface area contributed by atoms with Crippen molar-refractivity contribution in [3.8, 4) is 0 Å². The first kappa shape index (κ1) is 22.8. The van der Waals surface area contributed by atoms with Crippen molar-refractivity contribution in [2.45, 2.75) is 83.3 Å². The van der Waals surface area contributed by atoms with Gasteiger partial charge in [-0.2, -0.15) is 0 Å². The molecule has 0 amide bonds. The van der Waals surface area contributed by atoms with Gasteiger partial charge in [0.2, 0.25) is 0 Å². The Morgan fingerprint density at radius 1 is 1.25 bits per heavy atom. The minimum Gasteiger partial charge on any atom is -0.481 e. The number of nitrogens with zero attached hydrogens (tertiary/aromatic N) is 5. The largest absolute Gasteiger partial charge is 0.481 e. The van der Waals surface area contributed by atoms with Gasteiger partial charge in [0.25, 0.3) is 0 Å². The lowest BCUT2D eigenvalue weighted by molar-refractivity contribution is -0.198. The number of imidazole rings is 1. The Kier molecular flexibility index (Phi) is 6.35. The van der Waals surface area contributed by atoms with E-state index < -0.39 is 18.0 Å². The number of nitrogens with two attached hydrogens (primary N) is 1. The van der Waals surface area contributed by atoms with Crippen molar-refractivity contribution >= 4 is 23.0 Å². The number of carbonyl (C=O) groups is 1. The molecule has 4 heterocycles. The SMILES string of the molecule is CC(C)N(CCCCC(=O)O)C[C@H]1OC(n2cnc3c(N)ncnc32)[C@@H]2OC(C)(C)O[C@H]12. The molecule has 2 aromatic rings. The standard InChI is InChI=1S/C21H32N6O5/c1-12(2)26(8-6-5-7-14(28)29)9-13-16-17(32-21(3,4)31-16)20(30-13)27-11-25-15-18(22)23-10-24-19(15)27/h10-13,16-17,20H,5-9H2,1-4H3,(H,28,29)(H2,22,23,24)/t13-,16-,17-,20?/m1/s1. The second-order valence-corrected chi connectivity index (χ2v) is 9.15. The zero-order valence-electron chi connectivity index (χ0n) is 19.0. The summed E-state index contributed by atoms with van der Waals surface area (Å²) >= 11 is 0. The van der Waals surface area contributed by atoms with Crippen LogP contribution in [-0.2, 0) is 19.0 Å². The zero-order valence-corrected chi connectivity index (χ0v) is 19.0. The van der Waals surface area contributed by atoms with Crippen molar-refractivity contribution in [3.63, 3.8) is 0 Å². The molecular formula is C21H32N6O5. The highest BCUT2D eigenvalue weighted by Crippen LogP contribution is 2.44. The van der Waals surface area contributed by atoms with E-state index in [1.807, 2.05) is 18.4 Å². The summed E-state index contributed by atoms with van der Waals surface area (Å²) in [5.74, 6) is -1.18. The van der Waals surface area contributed by atoms with Crippen molar-refractivity contribution in [2.24, 2.45) is 0 Å². The molecule has 4 rings (SSSR count). The van der Waals surface area contributed by atoms with Crippen LogP contribution in [-0.4, -0.2) is 78.7 Å². The first-order chi connectivity index (χ1) is 15.2. The molecule has 2 fully saturated rings. The highest BCUT2D eigenvalue weighted by atomic mass is 16.8. The van der Waals surface area contributed by atoms with Crippen LogP contribution in [0.15, 0.2) is 12.7 Å². The molecule has 0 spiro atoms. The summed E-state index contributed by atoms with van der Waals surface area (Å²) in [5.41, 5.74) is 7.07. The Labute approximate surface area is 186 Å². The summed E-state index contributed by atoms with van der Waals surface area (Å²) in [6.45, 7) is 9.48. The fraction of sp³-hybridized carbons (Fsp3) is 0.714. The Morgan fingerprint density at radius 3 is 2.72 bits per heavy atom. The maximum atomic E-state index is 10.8. The number of anilines is 1. The number of aliphatic carboxylic acids is 1. The molecule has 176 valence electrons. The van der Waals surface area contributed by atoms with Crippen molar-refractivity contribution in [1.82, 2.24) is 24.4 Å². The quantitative estimate of drug-likeness (QED) is 0.546. The van der Waals surface area contributed by atoms with Gasteiger partial charge in [0, 0.05) is 19.0 Å². The minimum absolute atomic E-state index is 0.183. The molecule has 11 heteroatoms. The summed E-state index contributed by atoms with van der Waals surface area (Å²) < 4.78 is 20.8. The lowest BCUT2D eigenvalue weighted by Crippen LogP contribution is -2.43. The van der Waals surface area contributed by atoms with Crippen LogP contribution in [0.4, 0.5) is 5.82 Å². The van der Waals surface area contributed by atoms with Crippen LogP contribution in [0, 0.1) is 0 Å². The van der Waals surface area contributed by atoms with Gasteiger partial charge in [-0.05, 0) is 47.1 Å². The number of nitrogen functional groups attached to an aromatic ring is 1. The lowest BCUT2D eigenvalue weighted by Gasteiger charge is -2.31. The van der Waals surface area contributed by atoms with E-state index >= 15 is 0 Å². The molecule has 11 nitrogen and oxygen atoms in total. The Bertz CT molecular complexity index is 963. The van der Waals surface area contributed by atoms with E-state index in [0.29, 0.717) is 29.9 Å². The van der Waals surface area contributed by atoms with E-state index in [4.69, 9.17) is 25.1 Å². The van der Waals surface area contributed by atoms with E-state index in [1.165, 1.54) is 6.33 Å². The molecule has 2 aliphatic rings. The Hall–Kier alpha value is -2.34. The van der Waals surface area contributed by atoms with Crippen LogP contribution < -0.4 is 5.73 Å². The van der Waals surface area contributed by atoms with Crippen LogP contribution in [0.2, 0.25) is 0 Å². The number of hydrogen-bond donors (Lipinski definition) is 2. The number of fused-ring (bicyclic) bond motifs is 2. The second-order valence-electron chi connectivity index (χ2n) is 9.15. The highest BCUT2D eigenvalue weighted by Gasteiger charge is 2.56. The van der Waals surface area contributed by atoms with Gasteiger partial charge in [0.05, 0.1) is 6.33 Å². The number of rotatable bonds is 9. The van der Waals surface area contributed by atoms with E-state index in [2.05, 4.69) is 33.7 Å². The third-order valence-corrected chi connectivity index (χ3v) is 6.02. The predicted molar refractivity (Wildman–Crippen MR) is 116 cm³/mol. The Balaban J connectivity index is 1.54. The van der Waals surface area contributed by atoms with Crippen LogP contribution >= 0.6 is 0 Å². The van der Waals surface area contributed by atoms with Crippen LogP contribution in [0.5, 0.6) is 0 Å². The molecule has 2 aliphatic heterocycles. The number of carboxylic acids is 1. The molecule has 0 saturated carbocycles. The maximum Gasteiger partial charge on any atom is 0.303 e. The van der Waals surface area contributed by atoms with Crippen molar-refractivity contribution in [3.05, 3.63) is 12.7 Å². The van der Waals surface area contributed by atoms with E-state index in [9.17, 15) is 4.79 Å². The molecule has 3 N–H and O–H groups in total. The molecule has 32 heavy (non-hydrogen) atoms. The molecule has 0 aliphatic carbocycles. The molecular weight excluding hydrogens is 416 g/mol. The third kappa shape index (κ3) is 4.56. The molecule has 2 aromatic heterocycles. The van der Waals surface area contributed by atoms with Gasteiger partial charge < -0.3 is 25.1 Å². The van der Waals surface area contributed by atoms with Gasteiger partial charge in [0.15, 0.2) is 23.5 Å². The van der Waals surface area contributed by atoms with Crippen LogP contribution in [0.3, 0.4) is 0 Å². The van der Waals surface area contributed by atoms with E-state index in [0.717, 1.165) is 13.0 Å². The average Bonchev–Trinajstić information content (AvgIpc) is 3.36. The second kappa shape index (κ2) is 8.89. The topological polar surface area (TPSA) is 138 Å². The van der Waals surface area contributed by atoms with Gasteiger partial charge in [-0.1, -0.05) is 0 Å². The van der Waals surface area contributed by atoms with Crippen LogP contribution in [0.25, 0.3) is 11.2 Å². The highest BCUT2D eigenvalue weighted by molar-refractivity contribution is 5.81. The van der Waals surface area contributed by atoms with Gasteiger partial charge in [-0.3, -0.25) is 14.3 Å². The van der Waals surface area contributed by atoms with Gasteiger partial charge in [-0.15, -0.1) is 0 Å². The summed E-state index contributed by atoms with van der Waals surface area (Å²) in [4.78, 5) is 25.8. The number of ether oxygens (including phenoxy) is 3. The number of aromatic nitrogens is 4. The summed E-state index contributed by atoms with van der Waals surface area (Å²) in [5, 5.41) is 8.89. The van der Waals surface area contributed by atoms with Crippen molar-refractivity contribution in [1.29, 1.82) is 0 Å². The fourth-order valence-corrected chi connectivity index (χ4v) is 4.47. The molecule has 0 aromatic carbocycles. The average molecular weight is 449 g/mol. The summed E-state index contributed by atoms with van der Waals surface area (Å²) in [6.07, 6.45) is 3.41. The smallest absolute Gasteiger partial charge is 0.303 e. The van der Waals surface area contributed by atoms with E-state index in [-0.39, 0.29) is 30.8 Å². The zero-order chi connectivity index (χ0) is 23.0. The van der Waals surface area contributed by atoms with Crippen molar-refractivity contribution in [2.75, 3.05) is 18.8 Å². The predicted octanol–water partition coefficient (Wildman–Crippen LogP) is 1.79. The van der Waals surface area contributed by atoms with E-state index in [1.54, 1.807) is 6.33 Å². The molecule has 1 unspecified atom stereocenters. The Morgan fingerprint density at radius 2 is 2.00 bits per heavy atom. The lowest BCUT2D eigenvalue weighted by atomic mass is 10.1. The van der Waals surface area contributed by atoms with Gasteiger partial charge in [-0.25, -0.2) is 15.0 Å². The fourth-order valence-electron chi connectivity index (χ4n) is 4.47.